The summed E-state index contributed by atoms with van der Waals surface area (Å²) in [7, 11) is 0. The molecule has 0 spiro atoms. The number of esters is 1. The molecule has 0 saturated heterocycles. The second-order valence-electron chi connectivity index (χ2n) is 5.69. The normalized spacial score (nSPS) is 17.1. The van der Waals surface area contributed by atoms with Gasteiger partial charge in [-0.05, 0) is 37.6 Å². The number of nitriles is 1. The summed E-state index contributed by atoms with van der Waals surface area (Å²) in [4.78, 5) is 17.0. The van der Waals surface area contributed by atoms with Gasteiger partial charge in [-0.1, -0.05) is 17.7 Å². The van der Waals surface area contributed by atoms with E-state index in [1.54, 1.807) is 38.2 Å². The maximum absolute atomic E-state index is 12.6. The molecule has 1 unspecified atom stereocenters. The van der Waals surface area contributed by atoms with Crippen LogP contribution in [0.25, 0.3) is 10.9 Å². The van der Waals surface area contributed by atoms with E-state index in [0.717, 1.165) is 5.39 Å². The lowest BCUT2D eigenvalue weighted by molar-refractivity contribution is -0.139. The van der Waals surface area contributed by atoms with Crippen molar-refractivity contribution in [3.63, 3.8) is 0 Å². The third-order valence-electron chi connectivity index (χ3n) is 4.11. The highest BCUT2D eigenvalue weighted by Gasteiger charge is 2.37. The molecule has 26 heavy (non-hydrogen) atoms. The van der Waals surface area contributed by atoms with E-state index in [9.17, 15) is 10.1 Å². The number of benzene rings is 1. The van der Waals surface area contributed by atoms with Crippen LogP contribution in [0.3, 0.4) is 0 Å². The quantitative estimate of drug-likeness (QED) is 0.831. The van der Waals surface area contributed by atoms with Gasteiger partial charge in [0.1, 0.15) is 17.4 Å². The van der Waals surface area contributed by atoms with Crippen LogP contribution in [0.15, 0.2) is 53.3 Å². The highest BCUT2D eigenvalue weighted by molar-refractivity contribution is 6.31. The van der Waals surface area contributed by atoms with Crippen LogP contribution >= 0.6 is 11.6 Å². The highest BCUT2D eigenvalue weighted by Crippen LogP contribution is 2.42. The summed E-state index contributed by atoms with van der Waals surface area (Å²) in [5, 5.41) is 10.9. The zero-order valence-electron chi connectivity index (χ0n) is 14.2. The van der Waals surface area contributed by atoms with Crippen LogP contribution in [0.2, 0.25) is 5.02 Å². The van der Waals surface area contributed by atoms with E-state index < -0.39 is 11.9 Å². The third-order valence-corrected chi connectivity index (χ3v) is 4.33. The number of carbonyl (C=O) groups is 1. The van der Waals surface area contributed by atoms with E-state index in [4.69, 9.17) is 26.8 Å². The number of rotatable bonds is 3. The number of allylic oxidation sites excluding steroid dienone is 2. The van der Waals surface area contributed by atoms with Gasteiger partial charge in [-0.25, -0.2) is 4.79 Å². The maximum Gasteiger partial charge on any atom is 0.338 e. The molecule has 1 atom stereocenters. The van der Waals surface area contributed by atoms with Gasteiger partial charge >= 0.3 is 5.97 Å². The Bertz CT molecular complexity index is 1000. The second-order valence-corrected chi connectivity index (χ2v) is 6.12. The first kappa shape index (κ1) is 17.8. The van der Waals surface area contributed by atoms with Gasteiger partial charge in [-0.3, -0.25) is 4.98 Å². The predicted molar refractivity (Wildman–Crippen MR) is 96.7 cm³/mol. The fourth-order valence-corrected chi connectivity index (χ4v) is 3.30. The molecular weight excluding hydrogens is 354 g/mol. The van der Waals surface area contributed by atoms with Crippen LogP contribution in [0.5, 0.6) is 0 Å². The van der Waals surface area contributed by atoms with Crippen molar-refractivity contribution in [3.8, 4) is 6.07 Å². The van der Waals surface area contributed by atoms with Gasteiger partial charge in [-0.2, -0.15) is 5.26 Å². The van der Waals surface area contributed by atoms with Crippen LogP contribution in [-0.2, 0) is 14.3 Å². The Labute approximate surface area is 155 Å². The van der Waals surface area contributed by atoms with Crippen molar-refractivity contribution in [3.05, 3.63) is 63.8 Å². The largest absolute Gasteiger partial charge is 0.463 e. The first-order valence-electron chi connectivity index (χ1n) is 7.97. The summed E-state index contributed by atoms with van der Waals surface area (Å²) < 4.78 is 10.6. The number of ether oxygens (including phenoxy) is 2. The molecule has 1 aliphatic rings. The molecule has 1 aromatic heterocycles. The standard InChI is InChI=1S/C19H16ClN3O3/c1-3-25-19(24)15-10(2)26-18(22)14(9-21)16(15)13-8-12(20)7-11-5-4-6-23-17(11)13/h4-8,16H,3,22H2,1-2H3. The Hall–Kier alpha value is -3.04. The third kappa shape index (κ3) is 2.98. The van der Waals surface area contributed by atoms with Crippen LogP contribution in [0.1, 0.15) is 25.3 Å². The minimum absolute atomic E-state index is 0.0490. The Balaban J connectivity index is 2.32. The molecule has 6 nitrogen and oxygen atoms in total. The van der Waals surface area contributed by atoms with Gasteiger partial charge in [-0.15, -0.1) is 0 Å². The molecule has 2 N–H and O–H groups in total. The van der Waals surface area contributed by atoms with E-state index in [1.807, 2.05) is 6.07 Å². The van der Waals surface area contributed by atoms with E-state index in [1.165, 1.54) is 0 Å². The number of halogens is 1. The van der Waals surface area contributed by atoms with Crippen molar-refractivity contribution in [2.45, 2.75) is 19.8 Å². The Morgan fingerprint density at radius 1 is 1.50 bits per heavy atom. The van der Waals surface area contributed by atoms with Crippen LogP contribution in [0, 0.1) is 11.3 Å². The number of nitrogens with zero attached hydrogens (tertiary/aromatic N) is 2. The number of carbonyl (C=O) groups excluding carboxylic acids is 1. The molecule has 7 heteroatoms. The van der Waals surface area contributed by atoms with Crippen molar-refractivity contribution in [2.75, 3.05) is 6.61 Å². The first-order chi connectivity index (χ1) is 12.5. The zero-order chi connectivity index (χ0) is 18.8. The molecule has 0 bridgehead atoms. The van der Waals surface area contributed by atoms with Gasteiger partial charge in [0.05, 0.1) is 23.6 Å². The summed E-state index contributed by atoms with van der Waals surface area (Å²) in [6.07, 6.45) is 1.64. The number of hydrogen-bond acceptors (Lipinski definition) is 6. The fourth-order valence-electron chi connectivity index (χ4n) is 3.07. The average Bonchev–Trinajstić information content (AvgIpc) is 2.60. The smallest absolute Gasteiger partial charge is 0.338 e. The summed E-state index contributed by atoms with van der Waals surface area (Å²) in [5.74, 6) is -1.11. The molecule has 0 saturated carbocycles. The van der Waals surface area contributed by atoms with Crippen molar-refractivity contribution < 1.29 is 14.3 Å². The monoisotopic (exact) mass is 369 g/mol. The van der Waals surface area contributed by atoms with Gasteiger partial charge in [0.25, 0.3) is 0 Å². The minimum Gasteiger partial charge on any atom is -0.463 e. The number of aromatic nitrogens is 1. The number of hydrogen-bond donors (Lipinski definition) is 1. The molecule has 132 valence electrons. The van der Waals surface area contributed by atoms with E-state index in [0.29, 0.717) is 16.1 Å². The van der Waals surface area contributed by atoms with Crippen LogP contribution in [0.4, 0.5) is 0 Å². The molecule has 1 aromatic carbocycles. The van der Waals surface area contributed by atoms with Crippen LogP contribution < -0.4 is 5.73 Å². The molecule has 0 radical (unpaired) electrons. The minimum atomic E-state index is -0.774. The lowest BCUT2D eigenvalue weighted by Gasteiger charge is -2.27. The van der Waals surface area contributed by atoms with Gasteiger partial charge < -0.3 is 15.2 Å². The fraction of sp³-hybridized carbons (Fsp3) is 0.211. The zero-order valence-corrected chi connectivity index (χ0v) is 15.0. The Kier molecular flexibility index (Phi) is 4.83. The number of fused-ring (bicyclic) bond motifs is 1. The summed E-state index contributed by atoms with van der Waals surface area (Å²) in [5.41, 5.74) is 7.47. The molecule has 0 amide bonds. The lowest BCUT2D eigenvalue weighted by atomic mass is 9.82. The van der Waals surface area contributed by atoms with E-state index in [-0.39, 0.29) is 29.4 Å². The van der Waals surface area contributed by atoms with Gasteiger partial charge in [0, 0.05) is 16.6 Å². The average molecular weight is 370 g/mol. The predicted octanol–water partition coefficient (Wildman–Crippen LogP) is 3.53. The first-order valence-corrected chi connectivity index (χ1v) is 8.35. The van der Waals surface area contributed by atoms with Crippen molar-refractivity contribution in [2.24, 2.45) is 5.73 Å². The van der Waals surface area contributed by atoms with Crippen LogP contribution in [-0.4, -0.2) is 17.6 Å². The highest BCUT2D eigenvalue weighted by atomic mass is 35.5. The summed E-state index contributed by atoms with van der Waals surface area (Å²) >= 11 is 6.27. The van der Waals surface area contributed by atoms with Crippen molar-refractivity contribution in [1.82, 2.24) is 4.98 Å². The molecule has 1 aliphatic heterocycles. The van der Waals surface area contributed by atoms with Gasteiger partial charge in [0.15, 0.2) is 0 Å². The Morgan fingerprint density at radius 2 is 2.27 bits per heavy atom. The van der Waals surface area contributed by atoms with E-state index >= 15 is 0 Å². The lowest BCUT2D eigenvalue weighted by Crippen LogP contribution is -2.25. The molecular formula is C19H16ClN3O3. The summed E-state index contributed by atoms with van der Waals surface area (Å²) in [6.45, 7) is 3.51. The Morgan fingerprint density at radius 3 is 2.96 bits per heavy atom. The number of pyridine rings is 1. The molecule has 2 aromatic rings. The van der Waals surface area contributed by atoms with E-state index in [2.05, 4.69) is 11.1 Å². The topological polar surface area (TPSA) is 98.2 Å². The SMILES string of the molecule is CCOC(=O)C1=C(C)OC(N)=C(C#N)C1c1cc(Cl)cc2cccnc12. The molecule has 0 aliphatic carbocycles. The summed E-state index contributed by atoms with van der Waals surface area (Å²) in [6, 6.07) is 9.15. The molecule has 2 heterocycles. The van der Waals surface area contributed by atoms with Gasteiger partial charge in [0.2, 0.25) is 5.88 Å². The molecule has 3 rings (SSSR count). The second kappa shape index (κ2) is 7.06. The van der Waals surface area contributed by atoms with Crippen molar-refractivity contribution in [1.29, 1.82) is 5.26 Å². The van der Waals surface area contributed by atoms with Crippen molar-refractivity contribution >= 4 is 28.5 Å². The maximum atomic E-state index is 12.6. The number of nitrogens with two attached hydrogens (primary N) is 1. The molecule has 0 fully saturated rings.